The fourth-order valence-electron chi connectivity index (χ4n) is 2.20. The van der Waals surface area contributed by atoms with Gasteiger partial charge in [-0.05, 0) is 38.0 Å². The summed E-state index contributed by atoms with van der Waals surface area (Å²) in [7, 11) is 0. The first-order chi connectivity index (χ1) is 10.9. The van der Waals surface area contributed by atoms with Gasteiger partial charge in [-0.3, -0.25) is 0 Å². The first kappa shape index (κ1) is 17.6. The molecular formula is C16H19BrO6. The number of carbonyl (C=O) groups excluding carboxylic acids is 2. The predicted molar refractivity (Wildman–Crippen MR) is 85.8 cm³/mol. The standard InChI is InChI=1S/C16H19BrO6/c1-4-20-14(18)16(15(19)21-5-2)22-12-7-6-11(8-10(3)17)9-13(12)23-16/h6-7,9-10H,4-5,8H2,1-3H3. The molecule has 126 valence electrons. The average Bonchev–Trinajstić information content (AvgIpc) is 2.87. The Morgan fingerprint density at radius 3 is 2.22 bits per heavy atom. The van der Waals surface area contributed by atoms with Gasteiger partial charge in [0.2, 0.25) is 0 Å². The second kappa shape index (κ2) is 7.21. The van der Waals surface area contributed by atoms with E-state index in [2.05, 4.69) is 15.9 Å². The van der Waals surface area contributed by atoms with E-state index in [9.17, 15) is 9.59 Å². The van der Waals surface area contributed by atoms with Crippen LogP contribution in [0.15, 0.2) is 18.2 Å². The lowest BCUT2D eigenvalue weighted by Gasteiger charge is -2.22. The number of hydrogen-bond acceptors (Lipinski definition) is 6. The first-order valence-corrected chi connectivity index (χ1v) is 8.34. The Hall–Kier alpha value is -1.76. The maximum absolute atomic E-state index is 12.2. The molecule has 0 saturated heterocycles. The monoisotopic (exact) mass is 386 g/mol. The van der Waals surface area contributed by atoms with Gasteiger partial charge in [-0.2, -0.15) is 0 Å². The van der Waals surface area contributed by atoms with Crippen LogP contribution in [0.1, 0.15) is 26.3 Å². The van der Waals surface area contributed by atoms with Crippen molar-refractivity contribution in [3.63, 3.8) is 0 Å². The first-order valence-electron chi connectivity index (χ1n) is 7.42. The molecule has 1 aromatic carbocycles. The molecule has 0 fully saturated rings. The molecule has 0 aliphatic carbocycles. The van der Waals surface area contributed by atoms with Crippen LogP contribution in [-0.2, 0) is 25.5 Å². The smallest absolute Gasteiger partial charge is 0.453 e. The summed E-state index contributed by atoms with van der Waals surface area (Å²) in [5, 5.41) is 0. The summed E-state index contributed by atoms with van der Waals surface area (Å²) in [6.45, 7) is 5.47. The van der Waals surface area contributed by atoms with Crippen molar-refractivity contribution in [1.82, 2.24) is 0 Å². The Balaban J connectivity index is 2.32. The molecule has 1 unspecified atom stereocenters. The number of hydrogen-bond donors (Lipinski definition) is 0. The largest absolute Gasteiger partial charge is 0.460 e. The molecule has 6 nitrogen and oxygen atoms in total. The lowest BCUT2D eigenvalue weighted by molar-refractivity contribution is -0.202. The highest BCUT2D eigenvalue weighted by atomic mass is 79.9. The summed E-state index contributed by atoms with van der Waals surface area (Å²) in [4.78, 5) is 24.7. The molecule has 23 heavy (non-hydrogen) atoms. The van der Waals surface area contributed by atoms with Crippen LogP contribution in [0.5, 0.6) is 11.5 Å². The van der Waals surface area contributed by atoms with Crippen LogP contribution in [-0.4, -0.2) is 35.8 Å². The van der Waals surface area contributed by atoms with Crippen LogP contribution in [0.2, 0.25) is 0 Å². The van der Waals surface area contributed by atoms with E-state index in [1.54, 1.807) is 26.0 Å². The second-order valence-corrected chi connectivity index (χ2v) is 6.59. The van der Waals surface area contributed by atoms with Gasteiger partial charge in [-0.15, -0.1) is 0 Å². The fraction of sp³-hybridized carbons (Fsp3) is 0.500. The molecule has 1 aliphatic rings. The van der Waals surface area contributed by atoms with E-state index in [1.807, 2.05) is 13.0 Å². The third-order valence-corrected chi connectivity index (χ3v) is 3.44. The third kappa shape index (κ3) is 3.60. The van der Waals surface area contributed by atoms with Crippen molar-refractivity contribution in [2.24, 2.45) is 0 Å². The molecule has 0 aromatic heterocycles. The predicted octanol–water partition coefficient (Wildman–Crippen LogP) is 2.61. The van der Waals surface area contributed by atoms with E-state index in [1.165, 1.54) is 0 Å². The molecular weight excluding hydrogens is 368 g/mol. The lowest BCUT2D eigenvalue weighted by atomic mass is 10.1. The minimum atomic E-state index is -2.23. The summed E-state index contributed by atoms with van der Waals surface area (Å²) >= 11 is 3.48. The zero-order valence-electron chi connectivity index (χ0n) is 13.3. The van der Waals surface area contributed by atoms with E-state index in [0.717, 1.165) is 12.0 Å². The molecule has 7 heteroatoms. The lowest BCUT2D eigenvalue weighted by Crippen LogP contribution is -2.55. The van der Waals surface area contributed by atoms with Crippen molar-refractivity contribution >= 4 is 27.9 Å². The van der Waals surface area contributed by atoms with E-state index in [4.69, 9.17) is 18.9 Å². The summed E-state index contributed by atoms with van der Waals surface area (Å²) < 4.78 is 20.9. The fourth-order valence-corrected chi connectivity index (χ4v) is 2.57. The van der Waals surface area contributed by atoms with Crippen molar-refractivity contribution in [1.29, 1.82) is 0 Å². The van der Waals surface area contributed by atoms with Gasteiger partial charge in [-0.25, -0.2) is 9.59 Å². The van der Waals surface area contributed by atoms with Crippen molar-refractivity contribution in [2.45, 2.75) is 37.8 Å². The number of alkyl halides is 1. The minimum absolute atomic E-state index is 0.0927. The van der Waals surface area contributed by atoms with E-state index in [-0.39, 0.29) is 18.0 Å². The number of fused-ring (bicyclic) bond motifs is 1. The number of ether oxygens (including phenoxy) is 4. The van der Waals surface area contributed by atoms with Crippen molar-refractivity contribution in [3.8, 4) is 11.5 Å². The third-order valence-electron chi connectivity index (χ3n) is 3.12. The van der Waals surface area contributed by atoms with Gasteiger partial charge < -0.3 is 18.9 Å². The molecule has 0 N–H and O–H groups in total. The second-order valence-electron chi connectivity index (χ2n) is 5.03. The van der Waals surface area contributed by atoms with Crippen LogP contribution in [0, 0.1) is 0 Å². The molecule has 0 spiro atoms. The highest BCUT2D eigenvalue weighted by molar-refractivity contribution is 9.09. The zero-order valence-corrected chi connectivity index (χ0v) is 14.8. The van der Waals surface area contributed by atoms with Gasteiger partial charge in [0.15, 0.2) is 11.5 Å². The minimum Gasteiger partial charge on any atom is -0.460 e. The molecule has 2 rings (SSSR count). The number of rotatable bonds is 6. The molecule has 0 amide bonds. The maximum atomic E-state index is 12.2. The van der Waals surface area contributed by atoms with Gasteiger partial charge in [-0.1, -0.05) is 28.9 Å². The van der Waals surface area contributed by atoms with Crippen LogP contribution in [0.3, 0.4) is 0 Å². The molecule has 1 heterocycles. The number of esters is 2. The van der Waals surface area contributed by atoms with Gasteiger partial charge in [0.1, 0.15) is 0 Å². The maximum Gasteiger partial charge on any atom is 0.453 e. The zero-order chi connectivity index (χ0) is 17.0. The number of benzene rings is 1. The Bertz CT molecular complexity index is 580. The quantitative estimate of drug-likeness (QED) is 0.425. The summed E-state index contributed by atoms with van der Waals surface area (Å²) in [6, 6.07) is 5.26. The summed E-state index contributed by atoms with van der Waals surface area (Å²) in [6.07, 6.45) is 0.766. The molecule has 1 aromatic rings. The van der Waals surface area contributed by atoms with Crippen molar-refractivity contribution < 1.29 is 28.5 Å². The molecule has 0 radical (unpaired) electrons. The van der Waals surface area contributed by atoms with Crippen LogP contribution in [0.25, 0.3) is 0 Å². The summed E-state index contributed by atoms with van der Waals surface area (Å²) in [5.74, 6) is -3.46. The molecule has 1 atom stereocenters. The Kier molecular flexibility index (Phi) is 5.51. The van der Waals surface area contributed by atoms with Crippen LogP contribution < -0.4 is 9.47 Å². The molecule has 0 saturated carbocycles. The number of halogens is 1. The molecule has 0 bridgehead atoms. The van der Waals surface area contributed by atoms with E-state index < -0.39 is 17.7 Å². The SMILES string of the molecule is CCOC(=O)C1(C(=O)OCC)Oc2ccc(CC(C)Br)cc2O1. The van der Waals surface area contributed by atoms with Gasteiger partial charge in [0.25, 0.3) is 0 Å². The van der Waals surface area contributed by atoms with Gasteiger partial charge in [0.05, 0.1) is 13.2 Å². The van der Waals surface area contributed by atoms with Crippen LogP contribution >= 0.6 is 15.9 Å². The van der Waals surface area contributed by atoms with E-state index in [0.29, 0.717) is 11.5 Å². The highest BCUT2D eigenvalue weighted by Crippen LogP contribution is 2.41. The topological polar surface area (TPSA) is 71.1 Å². The highest BCUT2D eigenvalue weighted by Gasteiger charge is 2.59. The Morgan fingerprint density at radius 1 is 1.13 bits per heavy atom. The summed E-state index contributed by atoms with van der Waals surface area (Å²) in [5.41, 5.74) is 0.986. The van der Waals surface area contributed by atoms with Gasteiger partial charge in [0, 0.05) is 4.83 Å². The Morgan fingerprint density at radius 2 is 1.70 bits per heavy atom. The van der Waals surface area contributed by atoms with E-state index >= 15 is 0 Å². The Labute approximate surface area is 143 Å². The van der Waals surface area contributed by atoms with Gasteiger partial charge >= 0.3 is 17.7 Å². The van der Waals surface area contributed by atoms with Crippen molar-refractivity contribution in [3.05, 3.63) is 23.8 Å². The average molecular weight is 387 g/mol. The normalized spacial score (nSPS) is 15.8. The van der Waals surface area contributed by atoms with Crippen LogP contribution in [0.4, 0.5) is 0 Å². The van der Waals surface area contributed by atoms with Crippen molar-refractivity contribution in [2.75, 3.05) is 13.2 Å². The number of carbonyl (C=O) groups is 2. The molecule has 1 aliphatic heterocycles.